The number of nitrogens with zero attached hydrogens (tertiary/aromatic N) is 1. The topological polar surface area (TPSA) is 32.3 Å². The highest BCUT2D eigenvalue weighted by atomic mass is 16.2. The lowest BCUT2D eigenvalue weighted by Gasteiger charge is -2.32. The second-order valence-corrected chi connectivity index (χ2v) is 6.20. The van der Waals surface area contributed by atoms with Gasteiger partial charge in [0.15, 0.2) is 0 Å². The van der Waals surface area contributed by atoms with Crippen molar-refractivity contribution in [2.45, 2.75) is 64.5 Å². The molecule has 18 heavy (non-hydrogen) atoms. The van der Waals surface area contributed by atoms with Crippen LogP contribution in [0.3, 0.4) is 0 Å². The molecular formula is C15H28N2O. The number of likely N-dealkylation sites (N-methyl/N-ethyl adjacent to an activating group) is 1. The van der Waals surface area contributed by atoms with Crippen LogP contribution < -0.4 is 5.32 Å². The molecule has 0 saturated heterocycles. The van der Waals surface area contributed by atoms with E-state index in [-0.39, 0.29) is 11.9 Å². The predicted molar refractivity (Wildman–Crippen MR) is 74.4 cm³/mol. The molecule has 0 bridgehead atoms. The zero-order valence-corrected chi connectivity index (χ0v) is 12.1. The number of carbonyl (C=O) groups excluding carboxylic acids is 1. The van der Waals surface area contributed by atoms with E-state index in [4.69, 9.17) is 0 Å². The first-order valence-corrected chi connectivity index (χ1v) is 7.62. The SMILES string of the molecule is CCN(C)C(=O)C(C)NC1CCCC(C2CC2)C1. The third-order valence-corrected chi connectivity index (χ3v) is 4.71. The highest BCUT2D eigenvalue weighted by Crippen LogP contribution is 2.43. The van der Waals surface area contributed by atoms with Gasteiger partial charge in [-0.3, -0.25) is 4.79 Å². The average molecular weight is 252 g/mol. The Morgan fingerprint density at radius 2 is 2.00 bits per heavy atom. The summed E-state index contributed by atoms with van der Waals surface area (Å²) in [6.45, 7) is 4.82. The minimum Gasteiger partial charge on any atom is -0.345 e. The minimum absolute atomic E-state index is 0.0297. The van der Waals surface area contributed by atoms with E-state index in [1.165, 1.54) is 38.5 Å². The van der Waals surface area contributed by atoms with Gasteiger partial charge in [0, 0.05) is 19.6 Å². The maximum atomic E-state index is 12.0. The predicted octanol–water partition coefficient (Wildman–Crippen LogP) is 2.41. The first kappa shape index (κ1) is 13.9. The summed E-state index contributed by atoms with van der Waals surface area (Å²) in [5.41, 5.74) is 0. The molecule has 3 unspecified atom stereocenters. The molecular weight excluding hydrogens is 224 g/mol. The number of hydrogen-bond acceptors (Lipinski definition) is 2. The summed E-state index contributed by atoms with van der Waals surface area (Å²) in [7, 11) is 1.88. The lowest BCUT2D eigenvalue weighted by atomic mass is 9.82. The lowest BCUT2D eigenvalue weighted by molar-refractivity contribution is -0.131. The van der Waals surface area contributed by atoms with E-state index >= 15 is 0 Å². The number of hydrogen-bond donors (Lipinski definition) is 1. The normalized spacial score (nSPS) is 29.9. The second kappa shape index (κ2) is 6.05. The molecule has 0 heterocycles. The molecule has 3 nitrogen and oxygen atoms in total. The number of amides is 1. The molecule has 3 heteroatoms. The summed E-state index contributed by atoms with van der Waals surface area (Å²) in [6.07, 6.45) is 8.19. The van der Waals surface area contributed by atoms with Crippen molar-refractivity contribution < 1.29 is 4.79 Å². The van der Waals surface area contributed by atoms with Crippen LogP contribution in [0.25, 0.3) is 0 Å². The van der Waals surface area contributed by atoms with Crippen molar-refractivity contribution in [2.24, 2.45) is 11.8 Å². The summed E-state index contributed by atoms with van der Waals surface area (Å²) in [5, 5.41) is 3.56. The van der Waals surface area contributed by atoms with Crippen LogP contribution in [0, 0.1) is 11.8 Å². The molecule has 3 atom stereocenters. The van der Waals surface area contributed by atoms with Gasteiger partial charge in [0.2, 0.25) is 5.91 Å². The van der Waals surface area contributed by atoms with Gasteiger partial charge in [-0.25, -0.2) is 0 Å². The van der Waals surface area contributed by atoms with Gasteiger partial charge in [-0.15, -0.1) is 0 Å². The Kier molecular flexibility index (Phi) is 4.66. The molecule has 2 fully saturated rings. The van der Waals surface area contributed by atoms with Crippen LogP contribution in [-0.2, 0) is 4.79 Å². The highest BCUT2D eigenvalue weighted by molar-refractivity contribution is 5.81. The van der Waals surface area contributed by atoms with Gasteiger partial charge in [0.1, 0.15) is 0 Å². The highest BCUT2D eigenvalue weighted by Gasteiger charge is 2.35. The van der Waals surface area contributed by atoms with Crippen molar-refractivity contribution in [3.8, 4) is 0 Å². The Hall–Kier alpha value is -0.570. The first-order chi connectivity index (χ1) is 8.61. The van der Waals surface area contributed by atoms with Crippen molar-refractivity contribution in [2.75, 3.05) is 13.6 Å². The Labute approximate surface area is 111 Å². The zero-order chi connectivity index (χ0) is 13.1. The molecule has 2 saturated carbocycles. The lowest BCUT2D eigenvalue weighted by Crippen LogP contribution is -2.48. The van der Waals surface area contributed by atoms with Gasteiger partial charge in [-0.1, -0.05) is 12.8 Å². The van der Waals surface area contributed by atoms with E-state index in [0.717, 1.165) is 18.4 Å². The largest absolute Gasteiger partial charge is 0.345 e. The fourth-order valence-corrected chi connectivity index (χ4v) is 3.29. The van der Waals surface area contributed by atoms with Crippen LogP contribution in [-0.4, -0.2) is 36.5 Å². The van der Waals surface area contributed by atoms with E-state index in [1.807, 2.05) is 20.9 Å². The van der Waals surface area contributed by atoms with Crippen molar-refractivity contribution in [1.29, 1.82) is 0 Å². The van der Waals surface area contributed by atoms with E-state index in [1.54, 1.807) is 4.90 Å². The van der Waals surface area contributed by atoms with Crippen molar-refractivity contribution >= 4 is 5.91 Å². The van der Waals surface area contributed by atoms with E-state index in [0.29, 0.717) is 6.04 Å². The van der Waals surface area contributed by atoms with Crippen LogP contribution in [0.1, 0.15) is 52.4 Å². The maximum Gasteiger partial charge on any atom is 0.239 e. The minimum atomic E-state index is -0.0297. The fraction of sp³-hybridized carbons (Fsp3) is 0.933. The molecule has 0 aliphatic heterocycles. The van der Waals surface area contributed by atoms with Crippen molar-refractivity contribution in [3.05, 3.63) is 0 Å². The van der Waals surface area contributed by atoms with Crippen LogP contribution in [0.15, 0.2) is 0 Å². The van der Waals surface area contributed by atoms with Gasteiger partial charge >= 0.3 is 0 Å². The molecule has 0 spiro atoms. The van der Waals surface area contributed by atoms with Gasteiger partial charge in [0.05, 0.1) is 6.04 Å². The summed E-state index contributed by atoms with van der Waals surface area (Å²) in [5.74, 6) is 2.17. The van der Waals surface area contributed by atoms with Gasteiger partial charge < -0.3 is 10.2 Å². The molecule has 2 rings (SSSR count). The van der Waals surface area contributed by atoms with Crippen molar-refractivity contribution in [1.82, 2.24) is 10.2 Å². The summed E-state index contributed by atoms with van der Waals surface area (Å²) < 4.78 is 0. The standard InChI is InChI=1S/C15H28N2O/c1-4-17(3)15(18)11(2)16-14-7-5-6-13(10-14)12-8-9-12/h11-14,16H,4-10H2,1-3H3. The van der Waals surface area contributed by atoms with Crippen LogP contribution in [0.4, 0.5) is 0 Å². The van der Waals surface area contributed by atoms with Crippen LogP contribution in [0.2, 0.25) is 0 Å². The van der Waals surface area contributed by atoms with Crippen molar-refractivity contribution in [3.63, 3.8) is 0 Å². The summed E-state index contributed by atoms with van der Waals surface area (Å²) in [4.78, 5) is 13.8. The summed E-state index contributed by atoms with van der Waals surface area (Å²) in [6, 6.07) is 0.534. The number of nitrogens with one attached hydrogen (secondary N) is 1. The second-order valence-electron chi connectivity index (χ2n) is 6.20. The quantitative estimate of drug-likeness (QED) is 0.815. The van der Waals surface area contributed by atoms with Gasteiger partial charge in [0.25, 0.3) is 0 Å². The molecule has 2 aliphatic carbocycles. The number of rotatable bonds is 5. The van der Waals surface area contributed by atoms with Crippen LogP contribution >= 0.6 is 0 Å². The maximum absolute atomic E-state index is 12.0. The van der Waals surface area contributed by atoms with Gasteiger partial charge in [-0.05, 0) is 51.4 Å². The van der Waals surface area contributed by atoms with E-state index in [2.05, 4.69) is 5.32 Å². The fourth-order valence-electron chi connectivity index (χ4n) is 3.29. The molecule has 2 aliphatic rings. The molecule has 104 valence electrons. The molecule has 0 aromatic carbocycles. The molecule has 0 aromatic heterocycles. The Morgan fingerprint density at radius 1 is 1.28 bits per heavy atom. The van der Waals surface area contributed by atoms with Gasteiger partial charge in [-0.2, -0.15) is 0 Å². The third-order valence-electron chi connectivity index (χ3n) is 4.71. The Bertz CT molecular complexity index is 288. The Morgan fingerprint density at radius 3 is 2.61 bits per heavy atom. The number of carbonyl (C=O) groups is 1. The van der Waals surface area contributed by atoms with Crippen LogP contribution in [0.5, 0.6) is 0 Å². The van der Waals surface area contributed by atoms with E-state index in [9.17, 15) is 4.79 Å². The molecule has 0 radical (unpaired) electrons. The van der Waals surface area contributed by atoms with E-state index < -0.39 is 0 Å². The smallest absolute Gasteiger partial charge is 0.239 e. The summed E-state index contributed by atoms with van der Waals surface area (Å²) >= 11 is 0. The molecule has 1 N–H and O–H groups in total. The molecule has 1 amide bonds. The first-order valence-electron chi connectivity index (χ1n) is 7.62. The zero-order valence-electron chi connectivity index (χ0n) is 12.1. The third kappa shape index (κ3) is 3.47. The Balaban J connectivity index is 1.79. The average Bonchev–Trinajstić information content (AvgIpc) is 3.21. The molecule has 0 aromatic rings. The monoisotopic (exact) mass is 252 g/mol.